The van der Waals surface area contributed by atoms with E-state index >= 15 is 0 Å². The maximum absolute atomic E-state index is 6.63. The van der Waals surface area contributed by atoms with Crippen LogP contribution >= 0.6 is 27.5 Å². The summed E-state index contributed by atoms with van der Waals surface area (Å²) in [6, 6.07) is 2.17. The normalized spacial score (nSPS) is 28.4. The van der Waals surface area contributed by atoms with Crippen LogP contribution < -0.4 is 0 Å². The van der Waals surface area contributed by atoms with Crippen molar-refractivity contribution >= 4 is 27.5 Å². The van der Waals surface area contributed by atoms with Crippen molar-refractivity contribution in [3.63, 3.8) is 0 Å². The van der Waals surface area contributed by atoms with Crippen molar-refractivity contribution in [3.8, 4) is 0 Å². The summed E-state index contributed by atoms with van der Waals surface area (Å²) in [5, 5.41) is 0.318. The van der Waals surface area contributed by atoms with Crippen molar-refractivity contribution in [2.75, 3.05) is 0 Å². The molecule has 0 saturated heterocycles. The van der Waals surface area contributed by atoms with E-state index in [-0.39, 0.29) is 5.41 Å². The number of halogens is 2. The van der Waals surface area contributed by atoms with Gasteiger partial charge in [0.15, 0.2) is 0 Å². The quantitative estimate of drug-likeness (QED) is 0.664. The molecule has 0 bridgehead atoms. The standard InChI is InChI=1S/C16H23BrClN/c1-11-4-5-14(15(18)6-11)16(2,3)8-12-7-13(17)10-19-9-12/h7,9-11,14-15H,4-6,8H2,1-3H3. The van der Waals surface area contributed by atoms with Gasteiger partial charge in [-0.3, -0.25) is 4.98 Å². The zero-order chi connectivity index (χ0) is 14.0. The van der Waals surface area contributed by atoms with Gasteiger partial charge in [0.25, 0.3) is 0 Å². The number of alkyl halides is 1. The van der Waals surface area contributed by atoms with Gasteiger partial charge in [-0.1, -0.05) is 27.2 Å². The summed E-state index contributed by atoms with van der Waals surface area (Å²) in [6.07, 6.45) is 8.58. The molecule has 1 aliphatic rings. The van der Waals surface area contributed by atoms with Crippen molar-refractivity contribution in [1.82, 2.24) is 4.98 Å². The van der Waals surface area contributed by atoms with Crippen molar-refractivity contribution in [2.45, 2.75) is 51.8 Å². The van der Waals surface area contributed by atoms with Crippen molar-refractivity contribution in [3.05, 3.63) is 28.5 Å². The largest absolute Gasteiger partial charge is 0.263 e. The van der Waals surface area contributed by atoms with E-state index in [2.05, 4.69) is 47.8 Å². The molecule has 0 aliphatic heterocycles. The lowest BCUT2D eigenvalue weighted by atomic mass is 9.66. The molecule has 106 valence electrons. The summed E-state index contributed by atoms with van der Waals surface area (Å²) in [5.74, 6) is 1.38. The van der Waals surface area contributed by atoms with Crippen molar-refractivity contribution in [1.29, 1.82) is 0 Å². The zero-order valence-corrected chi connectivity index (χ0v) is 14.3. The number of rotatable bonds is 3. The van der Waals surface area contributed by atoms with Crippen LogP contribution in [0, 0.1) is 17.3 Å². The molecule has 1 nitrogen and oxygen atoms in total. The fourth-order valence-electron chi connectivity index (χ4n) is 3.40. The number of aromatic nitrogens is 1. The number of hydrogen-bond donors (Lipinski definition) is 0. The molecule has 2 rings (SSSR count). The monoisotopic (exact) mass is 343 g/mol. The summed E-state index contributed by atoms with van der Waals surface area (Å²) in [7, 11) is 0. The summed E-state index contributed by atoms with van der Waals surface area (Å²) in [5.41, 5.74) is 1.52. The van der Waals surface area contributed by atoms with Crippen LogP contribution in [0.3, 0.4) is 0 Å². The Labute approximate surface area is 130 Å². The third-order valence-corrected chi connectivity index (χ3v) is 5.38. The van der Waals surface area contributed by atoms with Gasteiger partial charge in [-0.15, -0.1) is 11.6 Å². The lowest BCUT2D eigenvalue weighted by Gasteiger charge is -2.42. The average Bonchev–Trinajstić information content (AvgIpc) is 2.27. The molecule has 0 radical (unpaired) electrons. The second-order valence-electron chi connectivity index (χ2n) is 6.72. The molecule has 0 spiro atoms. The Kier molecular flexibility index (Phi) is 4.94. The first kappa shape index (κ1) is 15.3. The molecular formula is C16H23BrClN. The van der Waals surface area contributed by atoms with Crippen LogP contribution in [0.25, 0.3) is 0 Å². The highest BCUT2D eigenvalue weighted by Crippen LogP contribution is 2.44. The zero-order valence-electron chi connectivity index (χ0n) is 12.0. The maximum atomic E-state index is 6.63. The van der Waals surface area contributed by atoms with Gasteiger partial charge in [0.05, 0.1) is 0 Å². The minimum Gasteiger partial charge on any atom is -0.263 e. The van der Waals surface area contributed by atoms with E-state index in [1.54, 1.807) is 0 Å². The van der Waals surface area contributed by atoms with E-state index in [0.717, 1.165) is 23.2 Å². The Morgan fingerprint density at radius 3 is 2.74 bits per heavy atom. The second kappa shape index (κ2) is 6.13. The van der Waals surface area contributed by atoms with Crippen LogP contribution in [-0.2, 0) is 6.42 Å². The number of pyridine rings is 1. The van der Waals surface area contributed by atoms with E-state index in [9.17, 15) is 0 Å². The Balaban J connectivity index is 2.09. The molecule has 1 aromatic heterocycles. The Bertz CT molecular complexity index is 433. The molecule has 3 unspecified atom stereocenters. The van der Waals surface area contributed by atoms with E-state index in [1.807, 2.05) is 12.4 Å². The first-order valence-electron chi connectivity index (χ1n) is 7.12. The van der Waals surface area contributed by atoms with Crippen molar-refractivity contribution < 1.29 is 0 Å². The number of nitrogens with zero attached hydrogens (tertiary/aromatic N) is 1. The van der Waals surface area contributed by atoms with Crippen LogP contribution in [0.2, 0.25) is 0 Å². The third kappa shape index (κ3) is 3.95. The summed E-state index contributed by atoms with van der Waals surface area (Å²) in [4.78, 5) is 4.26. The van der Waals surface area contributed by atoms with Gasteiger partial charge in [0, 0.05) is 22.2 Å². The molecule has 1 heterocycles. The van der Waals surface area contributed by atoms with Gasteiger partial charge >= 0.3 is 0 Å². The van der Waals surface area contributed by atoms with Gasteiger partial charge in [-0.25, -0.2) is 0 Å². The molecule has 1 aliphatic carbocycles. The molecule has 1 aromatic rings. The molecule has 3 heteroatoms. The summed E-state index contributed by atoms with van der Waals surface area (Å²) >= 11 is 10.1. The first-order chi connectivity index (χ1) is 8.88. The molecule has 19 heavy (non-hydrogen) atoms. The predicted molar refractivity (Wildman–Crippen MR) is 85.6 cm³/mol. The second-order valence-corrected chi connectivity index (χ2v) is 8.19. The minimum absolute atomic E-state index is 0.231. The Morgan fingerprint density at radius 2 is 2.11 bits per heavy atom. The predicted octanol–water partition coefficient (Wildman–Crippen LogP) is 5.46. The molecule has 3 atom stereocenters. The highest BCUT2D eigenvalue weighted by molar-refractivity contribution is 9.10. The van der Waals surface area contributed by atoms with E-state index < -0.39 is 0 Å². The molecule has 1 saturated carbocycles. The highest BCUT2D eigenvalue weighted by atomic mass is 79.9. The smallest absolute Gasteiger partial charge is 0.0410 e. The minimum atomic E-state index is 0.231. The molecule has 1 fully saturated rings. The topological polar surface area (TPSA) is 12.9 Å². The third-order valence-electron chi connectivity index (χ3n) is 4.46. The maximum Gasteiger partial charge on any atom is 0.0410 e. The van der Waals surface area contributed by atoms with E-state index in [0.29, 0.717) is 11.3 Å². The van der Waals surface area contributed by atoms with Gasteiger partial charge in [-0.2, -0.15) is 0 Å². The van der Waals surface area contributed by atoms with Crippen LogP contribution in [0.1, 0.15) is 45.6 Å². The van der Waals surface area contributed by atoms with E-state index in [4.69, 9.17) is 11.6 Å². The fraction of sp³-hybridized carbons (Fsp3) is 0.688. The summed E-state index contributed by atoms with van der Waals surface area (Å²) < 4.78 is 1.06. The Morgan fingerprint density at radius 1 is 1.37 bits per heavy atom. The van der Waals surface area contributed by atoms with Crippen molar-refractivity contribution in [2.24, 2.45) is 17.3 Å². The first-order valence-corrected chi connectivity index (χ1v) is 8.35. The van der Waals surface area contributed by atoms with Crippen LogP contribution in [0.4, 0.5) is 0 Å². The molecule has 0 amide bonds. The number of hydrogen-bond acceptors (Lipinski definition) is 1. The fourth-order valence-corrected chi connectivity index (χ4v) is 4.58. The van der Waals surface area contributed by atoms with Gasteiger partial charge < -0.3 is 0 Å². The van der Waals surface area contributed by atoms with Gasteiger partial charge in [-0.05, 0) is 64.1 Å². The van der Waals surface area contributed by atoms with Gasteiger partial charge in [0.1, 0.15) is 0 Å². The lowest BCUT2D eigenvalue weighted by Crippen LogP contribution is -2.37. The Hall–Kier alpha value is -0.0800. The van der Waals surface area contributed by atoms with Gasteiger partial charge in [0.2, 0.25) is 0 Å². The summed E-state index contributed by atoms with van der Waals surface area (Å²) in [6.45, 7) is 7.02. The van der Waals surface area contributed by atoms with Crippen LogP contribution in [0.5, 0.6) is 0 Å². The van der Waals surface area contributed by atoms with E-state index in [1.165, 1.54) is 18.4 Å². The lowest BCUT2D eigenvalue weighted by molar-refractivity contribution is 0.142. The molecule has 0 aromatic carbocycles. The molecular weight excluding hydrogens is 322 g/mol. The van der Waals surface area contributed by atoms with Crippen LogP contribution in [0.15, 0.2) is 22.9 Å². The average molecular weight is 345 g/mol. The molecule has 0 N–H and O–H groups in total. The highest BCUT2D eigenvalue weighted by Gasteiger charge is 2.38. The SMILES string of the molecule is CC1CCC(C(C)(C)Cc2cncc(Br)c2)C(Cl)C1. The van der Waals surface area contributed by atoms with Crippen LogP contribution in [-0.4, -0.2) is 10.4 Å².